The molecule has 19 heavy (non-hydrogen) atoms. The van der Waals surface area contributed by atoms with E-state index >= 15 is 0 Å². The first-order valence-corrected chi connectivity index (χ1v) is 6.63. The van der Waals surface area contributed by atoms with E-state index < -0.39 is 6.10 Å². The van der Waals surface area contributed by atoms with E-state index in [-0.39, 0.29) is 12.2 Å². The van der Waals surface area contributed by atoms with Crippen molar-refractivity contribution in [3.05, 3.63) is 29.3 Å². The van der Waals surface area contributed by atoms with Crippen molar-refractivity contribution >= 4 is 0 Å². The Morgan fingerprint density at radius 3 is 2.42 bits per heavy atom. The fourth-order valence-corrected chi connectivity index (χ4v) is 2.34. The number of aliphatic hydroxyl groups is 1. The number of benzene rings is 1. The van der Waals surface area contributed by atoms with Crippen molar-refractivity contribution < 1.29 is 19.3 Å². The third-order valence-electron chi connectivity index (χ3n) is 3.30. The highest BCUT2D eigenvalue weighted by Gasteiger charge is 2.42. The van der Waals surface area contributed by atoms with Gasteiger partial charge in [0.15, 0.2) is 0 Å². The third kappa shape index (κ3) is 3.69. The molecule has 106 valence electrons. The number of aryl methyl sites for hydroxylation is 2. The molecule has 0 aliphatic heterocycles. The van der Waals surface area contributed by atoms with E-state index in [2.05, 4.69) is 6.07 Å². The highest BCUT2D eigenvalue weighted by atomic mass is 16.6. The zero-order valence-electron chi connectivity index (χ0n) is 11.8. The van der Waals surface area contributed by atoms with Gasteiger partial charge in [-0.1, -0.05) is 6.07 Å². The van der Waals surface area contributed by atoms with E-state index in [9.17, 15) is 5.11 Å². The van der Waals surface area contributed by atoms with Gasteiger partial charge in [0.1, 0.15) is 18.0 Å². The zero-order valence-corrected chi connectivity index (χ0v) is 11.8. The maximum absolute atomic E-state index is 9.72. The molecule has 0 radical (unpaired) electrons. The standard InChI is InChI=1S/C15H22O4/c1-10-6-11(2)8-12(7-10)19-14-9-13(16)15(14)18-5-4-17-3/h6-8,13-16H,4-5,9H2,1-3H3. The molecule has 0 bridgehead atoms. The summed E-state index contributed by atoms with van der Waals surface area (Å²) in [5.41, 5.74) is 2.35. The van der Waals surface area contributed by atoms with Crippen LogP contribution in [-0.4, -0.2) is 43.7 Å². The van der Waals surface area contributed by atoms with Crippen molar-refractivity contribution in [3.8, 4) is 5.75 Å². The number of rotatable bonds is 6. The fraction of sp³-hybridized carbons (Fsp3) is 0.600. The average Bonchev–Trinajstić information content (AvgIpc) is 2.33. The van der Waals surface area contributed by atoms with E-state index in [0.29, 0.717) is 19.6 Å². The van der Waals surface area contributed by atoms with Gasteiger partial charge in [0.05, 0.1) is 19.3 Å². The third-order valence-corrected chi connectivity index (χ3v) is 3.30. The van der Waals surface area contributed by atoms with Gasteiger partial charge in [-0.05, 0) is 37.1 Å². The van der Waals surface area contributed by atoms with Crippen LogP contribution in [-0.2, 0) is 9.47 Å². The molecule has 0 amide bonds. The molecule has 1 aliphatic rings. The summed E-state index contributed by atoms with van der Waals surface area (Å²) < 4.78 is 16.4. The van der Waals surface area contributed by atoms with Gasteiger partial charge >= 0.3 is 0 Å². The van der Waals surface area contributed by atoms with Gasteiger partial charge in [-0.3, -0.25) is 0 Å². The predicted molar refractivity (Wildman–Crippen MR) is 72.6 cm³/mol. The van der Waals surface area contributed by atoms with Gasteiger partial charge in [-0.2, -0.15) is 0 Å². The van der Waals surface area contributed by atoms with Crippen LogP contribution in [0.1, 0.15) is 17.5 Å². The second-order valence-corrected chi connectivity index (χ2v) is 5.11. The van der Waals surface area contributed by atoms with Gasteiger partial charge < -0.3 is 19.3 Å². The van der Waals surface area contributed by atoms with Crippen molar-refractivity contribution in [1.82, 2.24) is 0 Å². The van der Waals surface area contributed by atoms with Gasteiger partial charge in [0.2, 0.25) is 0 Å². The van der Waals surface area contributed by atoms with E-state index in [4.69, 9.17) is 14.2 Å². The molecule has 1 saturated carbocycles. The normalized spacial score (nSPS) is 26.0. The summed E-state index contributed by atoms with van der Waals surface area (Å²) in [6.07, 6.45) is -0.151. The molecule has 0 aromatic heterocycles. The molecule has 0 saturated heterocycles. The summed E-state index contributed by atoms with van der Waals surface area (Å²) in [5, 5.41) is 9.72. The SMILES string of the molecule is COCCOC1C(O)CC1Oc1cc(C)cc(C)c1. The van der Waals surface area contributed by atoms with Crippen molar-refractivity contribution in [2.45, 2.75) is 38.6 Å². The molecule has 4 nitrogen and oxygen atoms in total. The molecule has 1 aromatic rings. The molecule has 3 atom stereocenters. The van der Waals surface area contributed by atoms with Crippen LogP contribution in [0.15, 0.2) is 18.2 Å². The molecule has 1 fully saturated rings. The Morgan fingerprint density at radius 2 is 1.84 bits per heavy atom. The van der Waals surface area contributed by atoms with E-state index in [1.54, 1.807) is 7.11 Å². The smallest absolute Gasteiger partial charge is 0.130 e. The molecule has 1 aliphatic carbocycles. The number of aliphatic hydroxyl groups excluding tert-OH is 1. The fourth-order valence-electron chi connectivity index (χ4n) is 2.34. The summed E-state index contributed by atoms with van der Waals surface area (Å²) >= 11 is 0. The van der Waals surface area contributed by atoms with E-state index in [1.165, 1.54) is 11.1 Å². The molecule has 1 aromatic carbocycles. The van der Waals surface area contributed by atoms with Crippen molar-refractivity contribution in [2.24, 2.45) is 0 Å². The first-order chi connectivity index (χ1) is 9.10. The minimum atomic E-state index is -0.437. The Balaban J connectivity index is 1.91. The number of hydrogen-bond acceptors (Lipinski definition) is 4. The van der Waals surface area contributed by atoms with E-state index in [1.807, 2.05) is 26.0 Å². The Morgan fingerprint density at radius 1 is 1.16 bits per heavy atom. The molecular formula is C15H22O4. The summed E-state index contributed by atoms with van der Waals surface area (Å²) in [4.78, 5) is 0. The van der Waals surface area contributed by atoms with Crippen LogP contribution in [0.5, 0.6) is 5.75 Å². The number of methoxy groups -OCH3 is 1. The summed E-state index contributed by atoms with van der Waals surface area (Å²) in [7, 11) is 1.63. The second-order valence-electron chi connectivity index (χ2n) is 5.11. The highest BCUT2D eigenvalue weighted by molar-refractivity contribution is 5.33. The van der Waals surface area contributed by atoms with Crippen LogP contribution < -0.4 is 4.74 Å². The monoisotopic (exact) mass is 266 g/mol. The Bertz CT molecular complexity index is 398. The highest BCUT2D eigenvalue weighted by Crippen LogP contribution is 2.29. The van der Waals surface area contributed by atoms with Crippen LogP contribution in [0.25, 0.3) is 0 Å². The second kappa shape index (κ2) is 6.37. The molecule has 0 heterocycles. The van der Waals surface area contributed by atoms with E-state index in [0.717, 1.165) is 5.75 Å². The molecule has 1 N–H and O–H groups in total. The van der Waals surface area contributed by atoms with Gasteiger partial charge in [0.25, 0.3) is 0 Å². The van der Waals surface area contributed by atoms with Gasteiger partial charge in [-0.25, -0.2) is 0 Å². The summed E-state index contributed by atoms with van der Waals surface area (Å²) in [6, 6.07) is 6.11. The number of hydrogen-bond donors (Lipinski definition) is 1. The largest absolute Gasteiger partial charge is 0.487 e. The molecule has 0 spiro atoms. The zero-order chi connectivity index (χ0) is 13.8. The number of ether oxygens (including phenoxy) is 3. The summed E-state index contributed by atoms with van der Waals surface area (Å²) in [5.74, 6) is 0.842. The first-order valence-electron chi connectivity index (χ1n) is 6.63. The van der Waals surface area contributed by atoms with Crippen molar-refractivity contribution in [3.63, 3.8) is 0 Å². The molecule has 3 unspecified atom stereocenters. The van der Waals surface area contributed by atoms with Crippen LogP contribution >= 0.6 is 0 Å². The Kier molecular flexibility index (Phi) is 4.80. The Hall–Kier alpha value is -1.10. The maximum atomic E-state index is 9.72. The van der Waals surface area contributed by atoms with Crippen LogP contribution in [0.4, 0.5) is 0 Å². The van der Waals surface area contributed by atoms with Crippen molar-refractivity contribution in [1.29, 1.82) is 0 Å². The first kappa shape index (κ1) is 14.3. The topological polar surface area (TPSA) is 47.9 Å². The van der Waals surface area contributed by atoms with Gasteiger partial charge in [-0.15, -0.1) is 0 Å². The Labute approximate surface area is 114 Å². The minimum absolute atomic E-state index is 0.0759. The minimum Gasteiger partial charge on any atom is -0.487 e. The lowest BCUT2D eigenvalue weighted by Gasteiger charge is -2.40. The molecule has 2 rings (SSSR count). The lowest BCUT2D eigenvalue weighted by Crippen LogP contribution is -2.55. The molecule has 4 heteroatoms. The van der Waals surface area contributed by atoms with Gasteiger partial charge in [0, 0.05) is 13.5 Å². The van der Waals surface area contributed by atoms with Crippen molar-refractivity contribution in [2.75, 3.05) is 20.3 Å². The maximum Gasteiger partial charge on any atom is 0.130 e. The lowest BCUT2D eigenvalue weighted by atomic mass is 9.88. The molecular weight excluding hydrogens is 244 g/mol. The quantitative estimate of drug-likeness (QED) is 0.798. The predicted octanol–water partition coefficient (Wildman–Crippen LogP) is 1.85. The van der Waals surface area contributed by atoms with Crippen LogP contribution in [0.3, 0.4) is 0 Å². The van der Waals surface area contributed by atoms with Crippen LogP contribution in [0, 0.1) is 13.8 Å². The van der Waals surface area contributed by atoms with Crippen LogP contribution in [0.2, 0.25) is 0 Å². The lowest BCUT2D eigenvalue weighted by molar-refractivity contribution is -0.167. The summed E-state index contributed by atoms with van der Waals surface area (Å²) in [6.45, 7) is 5.09. The average molecular weight is 266 g/mol.